The molecule has 1 aliphatic heterocycles. The Morgan fingerprint density at radius 2 is 1.85 bits per heavy atom. The number of para-hydroxylation sites is 1. The molecule has 0 aliphatic carbocycles. The van der Waals surface area contributed by atoms with E-state index in [-0.39, 0.29) is 11.8 Å². The minimum absolute atomic E-state index is 0.110. The van der Waals surface area contributed by atoms with Crippen LogP contribution in [0.3, 0.4) is 0 Å². The zero-order chi connectivity index (χ0) is 18.6. The van der Waals surface area contributed by atoms with Crippen molar-refractivity contribution in [3.8, 4) is 0 Å². The average Bonchev–Trinajstić information content (AvgIpc) is 3.21. The Morgan fingerprint density at radius 3 is 2.63 bits per heavy atom. The fourth-order valence-corrected chi connectivity index (χ4v) is 4.26. The molecule has 2 heterocycles. The number of rotatable bonds is 4. The Balaban J connectivity index is 1.45. The molecule has 0 radical (unpaired) electrons. The molecule has 1 aromatic heterocycles. The third-order valence-electron chi connectivity index (χ3n) is 4.05. The summed E-state index contributed by atoms with van der Waals surface area (Å²) in [4.78, 5) is 27.3. The SMILES string of the molecule is O=C1Nc2ccccc2SC1=Cc1ccc(C(=O)NCc2cccs2)cc1. The normalized spacial score (nSPS) is 14.5. The third kappa shape index (κ3) is 4.13. The zero-order valence-electron chi connectivity index (χ0n) is 14.3. The molecule has 0 bridgehead atoms. The van der Waals surface area contributed by atoms with Crippen LogP contribution in [0.1, 0.15) is 20.8 Å². The van der Waals surface area contributed by atoms with Crippen molar-refractivity contribution in [3.05, 3.63) is 87.0 Å². The second-order valence-electron chi connectivity index (χ2n) is 5.94. The molecule has 2 amide bonds. The molecule has 2 N–H and O–H groups in total. The van der Waals surface area contributed by atoms with Crippen LogP contribution in [0.25, 0.3) is 6.08 Å². The number of carbonyl (C=O) groups is 2. The summed E-state index contributed by atoms with van der Waals surface area (Å²) < 4.78 is 0. The van der Waals surface area contributed by atoms with Crippen molar-refractivity contribution in [1.29, 1.82) is 0 Å². The zero-order valence-corrected chi connectivity index (χ0v) is 15.9. The van der Waals surface area contributed by atoms with Gasteiger partial charge < -0.3 is 10.6 Å². The summed E-state index contributed by atoms with van der Waals surface area (Å²) in [5.74, 6) is -0.224. The molecule has 0 unspecified atom stereocenters. The smallest absolute Gasteiger partial charge is 0.262 e. The van der Waals surface area contributed by atoms with Crippen LogP contribution in [-0.2, 0) is 11.3 Å². The molecule has 4 nitrogen and oxygen atoms in total. The Morgan fingerprint density at radius 1 is 1.04 bits per heavy atom. The molecule has 6 heteroatoms. The molecule has 3 aromatic rings. The largest absolute Gasteiger partial charge is 0.347 e. The second-order valence-corrected chi connectivity index (χ2v) is 8.06. The third-order valence-corrected chi connectivity index (χ3v) is 6.03. The lowest BCUT2D eigenvalue weighted by Gasteiger charge is -2.18. The summed E-state index contributed by atoms with van der Waals surface area (Å²) in [6.45, 7) is 0.526. The molecule has 0 fully saturated rings. The Kier molecular flexibility index (Phi) is 5.09. The molecule has 1 aliphatic rings. The van der Waals surface area contributed by atoms with Crippen LogP contribution >= 0.6 is 23.1 Å². The monoisotopic (exact) mass is 392 g/mol. The van der Waals surface area contributed by atoms with Crippen molar-refractivity contribution in [2.24, 2.45) is 0 Å². The van der Waals surface area contributed by atoms with Crippen LogP contribution < -0.4 is 10.6 Å². The van der Waals surface area contributed by atoms with Gasteiger partial charge in [0.15, 0.2) is 0 Å². The molecule has 0 atom stereocenters. The van der Waals surface area contributed by atoms with Crippen molar-refractivity contribution in [1.82, 2.24) is 5.32 Å². The van der Waals surface area contributed by atoms with Crippen molar-refractivity contribution >= 4 is 46.7 Å². The van der Waals surface area contributed by atoms with Gasteiger partial charge in [-0.05, 0) is 47.4 Å². The quantitative estimate of drug-likeness (QED) is 0.629. The number of benzene rings is 2. The minimum atomic E-state index is -0.114. The summed E-state index contributed by atoms with van der Waals surface area (Å²) in [7, 11) is 0. The van der Waals surface area contributed by atoms with E-state index < -0.39 is 0 Å². The van der Waals surface area contributed by atoms with Gasteiger partial charge in [-0.15, -0.1) is 11.3 Å². The van der Waals surface area contributed by atoms with Gasteiger partial charge >= 0.3 is 0 Å². The maximum atomic E-state index is 12.3. The first-order valence-electron chi connectivity index (χ1n) is 8.39. The number of carbonyl (C=O) groups excluding carboxylic acids is 2. The lowest BCUT2D eigenvalue weighted by atomic mass is 10.1. The van der Waals surface area contributed by atoms with E-state index >= 15 is 0 Å². The molecule has 27 heavy (non-hydrogen) atoms. The van der Waals surface area contributed by atoms with Gasteiger partial charge in [-0.3, -0.25) is 9.59 Å². The van der Waals surface area contributed by atoms with Gasteiger partial charge in [0.05, 0.1) is 17.1 Å². The highest BCUT2D eigenvalue weighted by Gasteiger charge is 2.20. The van der Waals surface area contributed by atoms with Gasteiger partial charge in [0.2, 0.25) is 0 Å². The Hall–Kier alpha value is -2.83. The van der Waals surface area contributed by atoms with Gasteiger partial charge in [0, 0.05) is 15.3 Å². The Labute approximate surface area is 165 Å². The van der Waals surface area contributed by atoms with E-state index in [9.17, 15) is 9.59 Å². The van der Waals surface area contributed by atoms with E-state index in [4.69, 9.17) is 0 Å². The first-order chi connectivity index (χ1) is 13.2. The number of nitrogens with one attached hydrogen (secondary N) is 2. The number of hydrogen-bond donors (Lipinski definition) is 2. The molecule has 0 spiro atoms. The average molecular weight is 393 g/mol. The summed E-state index contributed by atoms with van der Waals surface area (Å²) in [6.07, 6.45) is 1.84. The number of thioether (sulfide) groups is 1. The van der Waals surface area contributed by atoms with Gasteiger partial charge in [0.1, 0.15) is 0 Å². The maximum absolute atomic E-state index is 12.3. The van der Waals surface area contributed by atoms with E-state index in [0.717, 1.165) is 21.0 Å². The van der Waals surface area contributed by atoms with E-state index in [0.29, 0.717) is 17.0 Å². The van der Waals surface area contributed by atoms with E-state index in [2.05, 4.69) is 10.6 Å². The molecule has 134 valence electrons. The summed E-state index contributed by atoms with van der Waals surface area (Å²) >= 11 is 3.06. The fraction of sp³-hybridized carbons (Fsp3) is 0.0476. The fourth-order valence-electron chi connectivity index (χ4n) is 2.67. The van der Waals surface area contributed by atoms with Crippen LogP contribution in [0.4, 0.5) is 5.69 Å². The van der Waals surface area contributed by atoms with E-state index in [1.54, 1.807) is 23.5 Å². The first kappa shape index (κ1) is 17.6. The summed E-state index contributed by atoms with van der Waals surface area (Å²) in [5.41, 5.74) is 2.31. The number of hydrogen-bond acceptors (Lipinski definition) is 4. The van der Waals surface area contributed by atoms with Gasteiger partial charge in [-0.2, -0.15) is 0 Å². The van der Waals surface area contributed by atoms with Gasteiger partial charge in [0.25, 0.3) is 11.8 Å². The molecule has 4 rings (SSSR count). The number of amides is 2. The van der Waals surface area contributed by atoms with Crippen molar-refractivity contribution < 1.29 is 9.59 Å². The van der Waals surface area contributed by atoms with Crippen molar-refractivity contribution in [2.45, 2.75) is 11.4 Å². The highest BCUT2D eigenvalue weighted by molar-refractivity contribution is 8.04. The molecular formula is C21H16N2O2S2. The molecular weight excluding hydrogens is 376 g/mol. The number of anilines is 1. The topological polar surface area (TPSA) is 58.2 Å². The van der Waals surface area contributed by atoms with E-state index in [1.807, 2.05) is 60.0 Å². The van der Waals surface area contributed by atoms with Crippen LogP contribution in [0, 0.1) is 0 Å². The predicted molar refractivity (Wildman–Crippen MR) is 111 cm³/mol. The van der Waals surface area contributed by atoms with Crippen LogP contribution in [0.2, 0.25) is 0 Å². The predicted octanol–water partition coefficient (Wildman–Crippen LogP) is 4.76. The molecule has 0 saturated carbocycles. The first-order valence-corrected chi connectivity index (χ1v) is 10.1. The van der Waals surface area contributed by atoms with Crippen molar-refractivity contribution in [3.63, 3.8) is 0 Å². The standard InChI is InChI=1S/C21H16N2O2S2/c24-20(22-13-16-4-3-11-26-16)15-9-7-14(8-10-15)12-19-21(25)23-17-5-1-2-6-18(17)27-19/h1-12H,13H2,(H,22,24)(H,23,25). The van der Waals surface area contributed by atoms with Crippen molar-refractivity contribution in [2.75, 3.05) is 5.32 Å². The number of thiophene rings is 1. The minimum Gasteiger partial charge on any atom is -0.347 e. The lowest BCUT2D eigenvalue weighted by molar-refractivity contribution is -0.112. The van der Waals surface area contributed by atoms with Gasteiger partial charge in [-0.1, -0.05) is 42.1 Å². The Bertz CT molecular complexity index is 1010. The van der Waals surface area contributed by atoms with Crippen LogP contribution in [-0.4, -0.2) is 11.8 Å². The summed E-state index contributed by atoms with van der Waals surface area (Å²) in [5, 5.41) is 7.79. The number of fused-ring (bicyclic) bond motifs is 1. The second kappa shape index (κ2) is 7.82. The van der Waals surface area contributed by atoms with Crippen LogP contribution in [0.5, 0.6) is 0 Å². The highest BCUT2D eigenvalue weighted by atomic mass is 32.2. The van der Waals surface area contributed by atoms with E-state index in [1.165, 1.54) is 11.8 Å². The summed E-state index contributed by atoms with van der Waals surface area (Å²) in [6, 6.07) is 18.9. The molecule has 0 saturated heterocycles. The molecule has 2 aromatic carbocycles. The lowest BCUT2D eigenvalue weighted by Crippen LogP contribution is -2.22. The van der Waals surface area contributed by atoms with Crippen LogP contribution in [0.15, 0.2) is 75.8 Å². The highest BCUT2D eigenvalue weighted by Crippen LogP contribution is 2.38. The maximum Gasteiger partial charge on any atom is 0.262 e. The van der Waals surface area contributed by atoms with Gasteiger partial charge in [-0.25, -0.2) is 0 Å².